The maximum atomic E-state index is 12.0. The monoisotopic (exact) mass is 732 g/mol. The summed E-state index contributed by atoms with van der Waals surface area (Å²) >= 11 is 0. The van der Waals surface area contributed by atoms with E-state index in [0.29, 0.717) is 0 Å². The Morgan fingerprint density at radius 2 is 1.04 bits per heavy atom. The van der Waals surface area contributed by atoms with E-state index in [0.717, 1.165) is 13.8 Å². The molecular weight excluding hydrogens is 684 g/mol. The predicted octanol–water partition coefficient (Wildman–Crippen LogP) is -8.43. The smallest absolute Gasteiger partial charge is 0.217 e. The van der Waals surface area contributed by atoms with E-state index in [9.17, 15) is 65.8 Å². The third kappa shape index (κ3) is 8.70. The van der Waals surface area contributed by atoms with Crippen molar-refractivity contribution in [3.05, 3.63) is 0 Å². The van der Waals surface area contributed by atoms with Gasteiger partial charge in [-0.1, -0.05) is 0 Å². The van der Waals surface area contributed by atoms with E-state index < -0.39 is 154 Å². The quantitative estimate of drug-likeness (QED) is 0.0938. The van der Waals surface area contributed by atoms with Gasteiger partial charge in [0, 0.05) is 13.8 Å². The highest BCUT2D eigenvalue weighted by Gasteiger charge is 2.56. The Balaban J connectivity index is 1.75. The lowest BCUT2D eigenvalue weighted by molar-refractivity contribution is -0.398. The summed E-state index contributed by atoms with van der Waals surface area (Å²) in [6.45, 7) is 0.904. The molecule has 4 saturated heterocycles. The van der Waals surface area contributed by atoms with Gasteiger partial charge in [0.05, 0.1) is 25.9 Å². The number of aliphatic hydroxyl groups excluding tert-OH is 11. The Morgan fingerprint density at radius 3 is 1.62 bits per heavy atom. The highest BCUT2D eigenvalue weighted by molar-refractivity contribution is 5.73. The van der Waals surface area contributed by atoms with Gasteiger partial charge in [0.15, 0.2) is 25.2 Å². The van der Waals surface area contributed by atoms with Crippen molar-refractivity contribution in [3.8, 4) is 0 Å². The SMILES string of the molecule is CC(=O)N[C@H]1[C@@H](O[C@H]2[C@@H](O)[C@@H](CO)O[C@@H](O[C@H]3[C@H](O)[C@@H](NC(C)=O)C(O)O[C@@H]3CO)[C@@H]2O[C@H]2O[C@H](C)[C@H](O)[C@H](O)[C@H]2O)O[C@H](CO)[C@H](O)[C@@H]1O. The zero-order chi connectivity index (χ0) is 37.2. The molecule has 0 saturated carbocycles. The number of hydrogen-bond acceptors (Lipinski definition) is 20. The Hall–Kier alpha value is -1.78. The summed E-state index contributed by atoms with van der Waals surface area (Å²) in [5.74, 6) is -1.40. The van der Waals surface area contributed by atoms with E-state index in [1.54, 1.807) is 0 Å². The maximum Gasteiger partial charge on any atom is 0.217 e. The molecule has 0 aromatic rings. The zero-order valence-electron chi connectivity index (χ0n) is 27.3. The molecule has 4 aliphatic heterocycles. The number of amides is 2. The van der Waals surface area contributed by atoms with Gasteiger partial charge in [-0.15, -0.1) is 0 Å². The second kappa shape index (κ2) is 17.4. The van der Waals surface area contributed by atoms with E-state index in [2.05, 4.69) is 10.6 Å². The van der Waals surface area contributed by atoms with Crippen molar-refractivity contribution < 1.29 is 98.9 Å². The number of hydrogen-bond donors (Lipinski definition) is 13. The van der Waals surface area contributed by atoms with E-state index in [1.165, 1.54) is 6.92 Å². The molecule has 0 aliphatic carbocycles. The van der Waals surface area contributed by atoms with Crippen LogP contribution in [0, 0.1) is 0 Å². The molecular formula is C28H48N2O20. The molecule has 0 spiro atoms. The van der Waals surface area contributed by atoms with Crippen LogP contribution >= 0.6 is 0 Å². The lowest BCUT2D eigenvalue weighted by Crippen LogP contribution is -2.70. The van der Waals surface area contributed by atoms with Gasteiger partial charge in [-0.2, -0.15) is 0 Å². The van der Waals surface area contributed by atoms with Gasteiger partial charge in [0.2, 0.25) is 11.8 Å². The molecule has 20 atom stereocenters. The van der Waals surface area contributed by atoms with Crippen molar-refractivity contribution in [1.82, 2.24) is 10.6 Å². The number of rotatable bonds is 11. The van der Waals surface area contributed by atoms with E-state index >= 15 is 0 Å². The molecule has 13 N–H and O–H groups in total. The minimum atomic E-state index is -1.95. The number of carbonyl (C=O) groups excluding carboxylic acids is 2. The number of aliphatic hydroxyl groups is 11. The van der Waals surface area contributed by atoms with Crippen LogP contribution in [0.2, 0.25) is 0 Å². The first-order chi connectivity index (χ1) is 23.5. The van der Waals surface area contributed by atoms with Gasteiger partial charge in [-0.3, -0.25) is 9.59 Å². The Bertz CT molecular complexity index is 1130. The number of carbonyl (C=O) groups is 2. The van der Waals surface area contributed by atoms with Crippen LogP contribution in [0.1, 0.15) is 20.8 Å². The minimum Gasteiger partial charge on any atom is -0.394 e. The molecule has 4 heterocycles. The summed E-state index contributed by atoms with van der Waals surface area (Å²) in [7, 11) is 0. The van der Waals surface area contributed by atoms with Gasteiger partial charge in [-0.05, 0) is 6.92 Å². The third-order valence-electron chi connectivity index (χ3n) is 8.97. The molecule has 0 aromatic heterocycles. The molecule has 22 heteroatoms. The summed E-state index contributed by atoms with van der Waals surface area (Å²) in [6.07, 6.45) is -31.0. The van der Waals surface area contributed by atoms with Crippen molar-refractivity contribution in [2.24, 2.45) is 0 Å². The van der Waals surface area contributed by atoms with Crippen LogP contribution in [-0.4, -0.2) is 211 Å². The molecule has 0 radical (unpaired) electrons. The van der Waals surface area contributed by atoms with Crippen LogP contribution in [0.15, 0.2) is 0 Å². The van der Waals surface area contributed by atoms with Crippen LogP contribution in [0.3, 0.4) is 0 Å². The Morgan fingerprint density at radius 1 is 0.520 bits per heavy atom. The summed E-state index contributed by atoms with van der Waals surface area (Å²) in [5, 5.41) is 120. The fourth-order valence-corrected chi connectivity index (χ4v) is 6.27. The summed E-state index contributed by atoms with van der Waals surface area (Å²) in [6, 6.07) is -3.05. The Kier molecular flexibility index (Phi) is 14.2. The van der Waals surface area contributed by atoms with Gasteiger partial charge < -0.3 is 100.0 Å². The normalized spacial score (nSPS) is 48.5. The molecule has 4 aliphatic rings. The molecule has 22 nitrogen and oxygen atoms in total. The lowest BCUT2D eigenvalue weighted by Gasteiger charge is -2.51. The molecule has 50 heavy (non-hydrogen) atoms. The van der Waals surface area contributed by atoms with Gasteiger partial charge in [0.25, 0.3) is 0 Å². The molecule has 1 unspecified atom stereocenters. The molecule has 290 valence electrons. The highest BCUT2D eigenvalue weighted by atomic mass is 16.8. The molecule has 0 bridgehead atoms. The second-order valence-corrected chi connectivity index (χ2v) is 12.6. The van der Waals surface area contributed by atoms with Crippen molar-refractivity contribution in [2.45, 2.75) is 143 Å². The van der Waals surface area contributed by atoms with E-state index in [-0.39, 0.29) is 0 Å². The van der Waals surface area contributed by atoms with Crippen molar-refractivity contribution in [2.75, 3.05) is 19.8 Å². The van der Waals surface area contributed by atoms with Gasteiger partial charge in [-0.25, -0.2) is 0 Å². The van der Waals surface area contributed by atoms with Crippen molar-refractivity contribution >= 4 is 11.8 Å². The van der Waals surface area contributed by atoms with Crippen LogP contribution in [0.4, 0.5) is 0 Å². The van der Waals surface area contributed by atoms with Crippen LogP contribution < -0.4 is 10.6 Å². The largest absolute Gasteiger partial charge is 0.394 e. The number of ether oxygens (including phenoxy) is 7. The molecule has 4 fully saturated rings. The fourth-order valence-electron chi connectivity index (χ4n) is 6.27. The molecule has 0 aromatic carbocycles. The molecule has 4 rings (SSSR count). The first kappa shape index (κ1) is 41.0. The fraction of sp³-hybridized carbons (Fsp3) is 0.929. The van der Waals surface area contributed by atoms with Crippen LogP contribution in [0.5, 0.6) is 0 Å². The van der Waals surface area contributed by atoms with Crippen LogP contribution in [-0.2, 0) is 42.7 Å². The first-order valence-corrected chi connectivity index (χ1v) is 15.9. The average molecular weight is 733 g/mol. The Labute approximate surface area is 285 Å². The third-order valence-corrected chi connectivity index (χ3v) is 8.97. The lowest BCUT2D eigenvalue weighted by atomic mass is 9.94. The summed E-state index contributed by atoms with van der Waals surface area (Å²) < 4.78 is 40.3. The summed E-state index contributed by atoms with van der Waals surface area (Å²) in [5.41, 5.74) is 0. The predicted molar refractivity (Wildman–Crippen MR) is 156 cm³/mol. The standard InChI is InChI=1S/C28H48N2O20/c1-7-15(36)20(41)21(42)27(44-7)50-24-23(49-26-14(30-9(3)35)18(39)16(37)10(4-31)46-26)17(38)11(5-32)47-28(24)48-22-12(6-33)45-25(43)13(19(22)40)29-8(2)34/h7,10-28,31-33,36-43H,4-6H2,1-3H3,(H,29,34)(H,30,35)/t7-,10-,11-,12-,13-,14-,15+,16+,17+,18-,19-,20+,21-,22-,23+,24-,25?,26-,27-,28+/m1/s1. The van der Waals surface area contributed by atoms with Crippen LogP contribution in [0.25, 0.3) is 0 Å². The molecule has 2 amide bonds. The maximum absolute atomic E-state index is 12.0. The van der Waals surface area contributed by atoms with Crippen molar-refractivity contribution in [1.29, 1.82) is 0 Å². The zero-order valence-corrected chi connectivity index (χ0v) is 27.3. The minimum absolute atomic E-state index is 0.682. The number of nitrogens with one attached hydrogen (secondary N) is 2. The second-order valence-electron chi connectivity index (χ2n) is 12.6. The first-order valence-electron chi connectivity index (χ1n) is 15.9. The van der Waals surface area contributed by atoms with E-state index in [1.807, 2.05) is 0 Å². The van der Waals surface area contributed by atoms with Gasteiger partial charge in [0.1, 0.15) is 91.4 Å². The van der Waals surface area contributed by atoms with E-state index in [4.69, 9.17) is 33.2 Å². The highest BCUT2D eigenvalue weighted by Crippen LogP contribution is 2.36. The van der Waals surface area contributed by atoms with Gasteiger partial charge >= 0.3 is 0 Å². The van der Waals surface area contributed by atoms with Crippen molar-refractivity contribution in [3.63, 3.8) is 0 Å². The summed E-state index contributed by atoms with van der Waals surface area (Å²) in [4.78, 5) is 23.9. The average Bonchev–Trinajstić information content (AvgIpc) is 3.07. The topological polar surface area (TPSA) is 345 Å².